The Morgan fingerprint density at radius 3 is 3.16 bits per heavy atom. The van der Waals surface area contributed by atoms with E-state index < -0.39 is 0 Å². The summed E-state index contributed by atoms with van der Waals surface area (Å²) in [6.45, 7) is 5.96. The van der Waals surface area contributed by atoms with Crippen LogP contribution in [0.4, 0.5) is 0 Å². The van der Waals surface area contributed by atoms with Crippen LogP contribution in [0.5, 0.6) is 5.75 Å². The quantitative estimate of drug-likeness (QED) is 0.901. The average molecular weight is 261 g/mol. The third kappa shape index (κ3) is 2.93. The highest BCUT2D eigenvalue weighted by molar-refractivity contribution is 5.39. The van der Waals surface area contributed by atoms with Gasteiger partial charge in [0.25, 0.3) is 0 Å². The summed E-state index contributed by atoms with van der Waals surface area (Å²) in [5, 5.41) is 9.91. The van der Waals surface area contributed by atoms with Gasteiger partial charge >= 0.3 is 0 Å². The van der Waals surface area contributed by atoms with Crippen LogP contribution in [0.3, 0.4) is 0 Å². The summed E-state index contributed by atoms with van der Waals surface area (Å²) in [7, 11) is 0. The van der Waals surface area contributed by atoms with E-state index in [4.69, 9.17) is 4.74 Å². The number of fused-ring (bicyclic) bond motifs is 1. The molecule has 0 saturated carbocycles. The molecule has 0 amide bonds. The molecule has 2 heterocycles. The minimum atomic E-state index is -0.151. The Balaban J connectivity index is 1.55. The first-order valence-electron chi connectivity index (χ1n) is 7.37. The molecule has 1 fully saturated rings. The predicted molar refractivity (Wildman–Crippen MR) is 75.6 cm³/mol. The maximum atomic E-state index is 9.91. The van der Waals surface area contributed by atoms with E-state index >= 15 is 0 Å². The number of likely N-dealkylation sites (tertiary alicyclic amines) is 1. The van der Waals surface area contributed by atoms with E-state index in [1.54, 1.807) is 0 Å². The van der Waals surface area contributed by atoms with Gasteiger partial charge in [0.15, 0.2) is 0 Å². The summed E-state index contributed by atoms with van der Waals surface area (Å²) in [6, 6.07) is 6.56. The molecule has 3 heteroatoms. The molecule has 2 unspecified atom stereocenters. The first-order valence-corrected chi connectivity index (χ1v) is 7.37. The molecular weight excluding hydrogens is 238 g/mol. The Labute approximate surface area is 115 Å². The van der Waals surface area contributed by atoms with Crippen LogP contribution < -0.4 is 4.74 Å². The van der Waals surface area contributed by atoms with Gasteiger partial charge in [0.1, 0.15) is 5.75 Å². The summed E-state index contributed by atoms with van der Waals surface area (Å²) in [4.78, 5) is 2.38. The second-order valence-corrected chi connectivity index (χ2v) is 5.92. The molecule has 2 aliphatic rings. The minimum Gasteiger partial charge on any atom is -0.493 e. The summed E-state index contributed by atoms with van der Waals surface area (Å²) in [5.74, 6) is 1.51. The Bertz CT molecular complexity index is 446. The number of nitrogens with zero attached hydrogens (tertiary/aromatic N) is 1. The van der Waals surface area contributed by atoms with Crippen molar-refractivity contribution >= 4 is 0 Å². The van der Waals surface area contributed by atoms with E-state index in [1.165, 1.54) is 11.1 Å². The largest absolute Gasteiger partial charge is 0.493 e. The van der Waals surface area contributed by atoms with Gasteiger partial charge in [-0.1, -0.05) is 19.1 Å². The lowest BCUT2D eigenvalue weighted by Gasteiger charge is -2.34. The van der Waals surface area contributed by atoms with Crippen LogP contribution >= 0.6 is 0 Å². The van der Waals surface area contributed by atoms with Gasteiger partial charge in [-0.15, -0.1) is 0 Å². The van der Waals surface area contributed by atoms with Crippen LogP contribution in [0.1, 0.15) is 24.5 Å². The zero-order valence-electron chi connectivity index (χ0n) is 11.6. The maximum absolute atomic E-state index is 9.91. The number of β-amino-alcohol motifs (C(OH)–C–C–N with tert-alkyl or cyclic N) is 1. The van der Waals surface area contributed by atoms with E-state index in [2.05, 4.69) is 30.0 Å². The molecular formula is C16H23NO2. The Morgan fingerprint density at radius 1 is 1.42 bits per heavy atom. The van der Waals surface area contributed by atoms with Gasteiger partial charge in [0.2, 0.25) is 0 Å². The zero-order valence-corrected chi connectivity index (χ0v) is 11.6. The molecule has 0 bridgehead atoms. The molecule has 1 aromatic carbocycles. The minimum absolute atomic E-state index is 0.151. The first-order chi connectivity index (χ1) is 9.22. The highest BCUT2D eigenvalue weighted by Crippen LogP contribution is 2.26. The third-order valence-corrected chi connectivity index (χ3v) is 4.47. The van der Waals surface area contributed by atoms with Gasteiger partial charge in [0, 0.05) is 19.5 Å². The van der Waals surface area contributed by atoms with Gasteiger partial charge in [0.05, 0.1) is 12.7 Å². The number of ether oxygens (including phenoxy) is 1. The van der Waals surface area contributed by atoms with Gasteiger partial charge in [-0.25, -0.2) is 0 Å². The Hall–Kier alpha value is -1.06. The standard InChI is InChI=1S/C16H23NO2/c1-12-4-7-17(11-15(12)18)8-5-13-2-3-16-14(10-13)6-9-19-16/h2-3,10,12,15,18H,4-9,11H2,1H3. The van der Waals surface area contributed by atoms with Crippen molar-refractivity contribution in [2.45, 2.75) is 32.3 Å². The molecule has 2 atom stereocenters. The molecule has 3 nitrogen and oxygen atoms in total. The second-order valence-electron chi connectivity index (χ2n) is 5.92. The predicted octanol–water partition coefficient (Wildman–Crippen LogP) is 1.87. The second kappa shape index (κ2) is 5.51. The Morgan fingerprint density at radius 2 is 2.32 bits per heavy atom. The molecule has 19 heavy (non-hydrogen) atoms. The number of hydrogen-bond acceptors (Lipinski definition) is 3. The number of aliphatic hydroxyl groups is 1. The molecule has 104 valence electrons. The van der Waals surface area contributed by atoms with Crippen molar-refractivity contribution in [1.29, 1.82) is 0 Å². The lowest BCUT2D eigenvalue weighted by molar-refractivity contribution is 0.0298. The van der Waals surface area contributed by atoms with Crippen LogP contribution in [0.15, 0.2) is 18.2 Å². The van der Waals surface area contributed by atoms with Crippen molar-refractivity contribution in [3.05, 3.63) is 29.3 Å². The average Bonchev–Trinajstić information content (AvgIpc) is 2.87. The summed E-state index contributed by atoms with van der Waals surface area (Å²) < 4.78 is 5.53. The van der Waals surface area contributed by atoms with Gasteiger partial charge in [-0.05, 0) is 42.5 Å². The zero-order chi connectivity index (χ0) is 13.2. The van der Waals surface area contributed by atoms with Crippen molar-refractivity contribution in [1.82, 2.24) is 4.90 Å². The molecule has 0 aromatic heterocycles. The first kappa shape index (κ1) is 12.9. The number of aliphatic hydroxyl groups excluding tert-OH is 1. The van der Waals surface area contributed by atoms with E-state index in [0.717, 1.165) is 51.3 Å². The molecule has 1 saturated heterocycles. The van der Waals surface area contributed by atoms with Crippen molar-refractivity contribution in [2.24, 2.45) is 5.92 Å². The van der Waals surface area contributed by atoms with Crippen LogP contribution in [0.25, 0.3) is 0 Å². The Kier molecular flexibility index (Phi) is 3.76. The summed E-state index contributed by atoms with van der Waals surface area (Å²) in [6.07, 6.45) is 3.07. The summed E-state index contributed by atoms with van der Waals surface area (Å²) >= 11 is 0. The fourth-order valence-corrected chi connectivity index (χ4v) is 3.00. The fourth-order valence-electron chi connectivity index (χ4n) is 3.00. The molecule has 3 rings (SSSR count). The molecule has 1 aromatic rings. The van der Waals surface area contributed by atoms with Gasteiger partial charge < -0.3 is 14.7 Å². The van der Waals surface area contributed by atoms with Crippen LogP contribution in [-0.2, 0) is 12.8 Å². The lowest BCUT2D eigenvalue weighted by Crippen LogP contribution is -2.43. The van der Waals surface area contributed by atoms with E-state index in [1.807, 2.05) is 0 Å². The van der Waals surface area contributed by atoms with E-state index in [0.29, 0.717) is 5.92 Å². The van der Waals surface area contributed by atoms with Crippen molar-refractivity contribution in [3.8, 4) is 5.75 Å². The normalized spacial score (nSPS) is 27.1. The van der Waals surface area contributed by atoms with Crippen LogP contribution in [0, 0.1) is 5.92 Å². The van der Waals surface area contributed by atoms with E-state index in [-0.39, 0.29) is 6.10 Å². The SMILES string of the molecule is CC1CCN(CCc2ccc3c(c2)CCO3)CC1O. The number of rotatable bonds is 3. The molecule has 0 spiro atoms. The topological polar surface area (TPSA) is 32.7 Å². The van der Waals surface area contributed by atoms with Gasteiger partial charge in [-0.3, -0.25) is 0 Å². The van der Waals surface area contributed by atoms with Crippen LogP contribution in [-0.4, -0.2) is 42.4 Å². The van der Waals surface area contributed by atoms with Crippen molar-refractivity contribution < 1.29 is 9.84 Å². The molecule has 2 aliphatic heterocycles. The maximum Gasteiger partial charge on any atom is 0.122 e. The van der Waals surface area contributed by atoms with Gasteiger partial charge in [-0.2, -0.15) is 0 Å². The molecule has 0 aliphatic carbocycles. The summed E-state index contributed by atoms with van der Waals surface area (Å²) in [5.41, 5.74) is 2.74. The van der Waals surface area contributed by atoms with Crippen LogP contribution in [0.2, 0.25) is 0 Å². The van der Waals surface area contributed by atoms with E-state index in [9.17, 15) is 5.11 Å². The number of hydrogen-bond donors (Lipinski definition) is 1. The smallest absolute Gasteiger partial charge is 0.122 e. The number of benzene rings is 1. The van der Waals surface area contributed by atoms with Crippen molar-refractivity contribution in [3.63, 3.8) is 0 Å². The fraction of sp³-hybridized carbons (Fsp3) is 0.625. The molecule has 0 radical (unpaired) electrons. The lowest BCUT2D eigenvalue weighted by atomic mass is 9.95. The highest BCUT2D eigenvalue weighted by atomic mass is 16.5. The monoisotopic (exact) mass is 261 g/mol. The molecule has 1 N–H and O–H groups in total. The third-order valence-electron chi connectivity index (χ3n) is 4.47. The van der Waals surface area contributed by atoms with Crippen molar-refractivity contribution in [2.75, 3.05) is 26.2 Å². The number of piperidine rings is 1. The highest BCUT2D eigenvalue weighted by Gasteiger charge is 2.23.